The van der Waals surface area contributed by atoms with Gasteiger partial charge < -0.3 is 10.1 Å². The van der Waals surface area contributed by atoms with Crippen molar-refractivity contribution < 1.29 is 18.7 Å². The summed E-state index contributed by atoms with van der Waals surface area (Å²) in [5.74, 6) is -1.14. The fourth-order valence-corrected chi connectivity index (χ4v) is 1.92. The minimum atomic E-state index is -0.461. The molecule has 2 aromatic carbocycles. The number of rotatable bonds is 5. The second-order valence-corrected chi connectivity index (χ2v) is 4.64. The molecule has 0 unspecified atom stereocenters. The molecule has 0 atom stereocenters. The number of carbonyl (C=O) groups excluding carboxylic acids is 2. The van der Waals surface area contributed by atoms with Crippen molar-refractivity contribution in [2.75, 3.05) is 11.9 Å². The van der Waals surface area contributed by atoms with E-state index in [0.29, 0.717) is 12.3 Å². The first-order chi connectivity index (χ1) is 10.6. The molecule has 2 rings (SSSR count). The zero-order valence-electron chi connectivity index (χ0n) is 12.1. The molecule has 0 heterocycles. The highest BCUT2D eigenvalue weighted by molar-refractivity contribution is 6.04. The van der Waals surface area contributed by atoms with E-state index in [4.69, 9.17) is 4.74 Å². The second-order valence-electron chi connectivity index (χ2n) is 4.64. The highest BCUT2D eigenvalue weighted by atomic mass is 19.1. The van der Waals surface area contributed by atoms with Crippen LogP contribution in [0.25, 0.3) is 0 Å². The minimum Gasteiger partial charge on any atom is -0.466 e. The zero-order chi connectivity index (χ0) is 15.9. The van der Waals surface area contributed by atoms with Crippen LogP contribution in [0.4, 0.5) is 10.1 Å². The molecule has 0 bridgehead atoms. The summed E-state index contributed by atoms with van der Waals surface area (Å²) in [6.45, 7) is 2.10. The van der Waals surface area contributed by atoms with Gasteiger partial charge in [-0.25, -0.2) is 4.39 Å². The number of benzene rings is 2. The minimum absolute atomic E-state index is 0.186. The molecule has 0 radical (unpaired) electrons. The Balaban J connectivity index is 1.99. The average Bonchev–Trinajstić information content (AvgIpc) is 2.49. The van der Waals surface area contributed by atoms with Crippen molar-refractivity contribution in [1.29, 1.82) is 0 Å². The molecule has 114 valence electrons. The van der Waals surface area contributed by atoms with Crippen LogP contribution in [0.2, 0.25) is 0 Å². The molecule has 0 aliphatic rings. The molecular weight excluding hydrogens is 285 g/mol. The van der Waals surface area contributed by atoms with Crippen molar-refractivity contribution in [2.45, 2.75) is 13.3 Å². The summed E-state index contributed by atoms with van der Waals surface area (Å²) in [6, 6.07) is 12.3. The van der Waals surface area contributed by atoms with Crippen LogP contribution in [0.3, 0.4) is 0 Å². The Kier molecular flexibility index (Phi) is 5.25. The standard InChI is InChI=1S/C17H16FNO3/c1-2-22-16(20)10-12-6-8-15(9-7-12)19-17(21)13-4-3-5-14(18)11-13/h3-9,11H,2,10H2,1H3,(H,19,21). The maximum atomic E-state index is 13.1. The van der Waals surface area contributed by atoms with Crippen molar-refractivity contribution in [3.63, 3.8) is 0 Å². The van der Waals surface area contributed by atoms with Crippen LogP contribution in [0, 0.1) is 5.82 Å². The number of carbonyl (C=O) groups is 2. The summed E-state index contributed by atoms with van der Waals surface area (Å²) >= 11 is 0. The Morgan fingerprint density at radius 2 is 1.86 bits per heavy atom. The summed E-state index contributed by atoms with van der Waals surface area (Å²) in [6.07, 6.45) is 0.186. The van der Waals surface area contributed by atoms with Gasteiger partial charge in [-0.05, 0) is 42.8 Å². The maximum Gasteiger partial charge on any atom is 0.310 e. The fourth-order valence-electron chi connectivity index (χ4n) is 1.92. The van der Waals surface area contributed by atoms with Crippen molar-refractivity contribution in [3.8, 4) is 0 Å². The first-order valence-corrected chi connectivity index (χ1v) is 6.90. The highest BCUT2D eigenvalue weighted by Crippen LogP contribution is 2.13. The van der Waals surface area contributed by atoms with Gasteiger partial charge in [0.1, 0.15) is 5.82 Å². The first kappa shape index (κ1) is 15.7. The highest BCUT2D eigenvalue weighted by Gasteiger charge is 2.08. The van der Waals surface area contributed by atoms with Crippen molar-refractivity contribution in [1.82, 2.24) is 0 Å². The Bertz CT molecular complexity index is 668. The third-order valence-corrected chi connectivity index (χ3v) is 2.95. The molecule has 0 spiro atoms. The van der Waals surface area contributed by atoms with E-state index < -0.39 is 11.7 Å². The summed E-state index contributed by atoms with van der Waals surface area (Å²) in [7, 11) is 0. The van der Waals surface area contributed by atoms with Crippen LogP contribution in [0.5, 0.6) is 0 Å². The zero-order valence-corrected chi connectivity index (χ0v) is 12.1. The van der Waals surface area contributed by atoms with Crippen molar-refractivity contribution >= 4 is 17.6 Å². The van der Waals surface area contributed by atoms with Gasteiger partial charge in [-0.1, -0.05) is 18.2 Å². The Morgan fingerprint density at radius 1 is 1.14 bits per heavy atom. The number of ether oxygens (including phenoxy) is 1. The molecule has 4 nitrogen and oxygen atoms in total. The summed E-state index contributed by atoms with van der Waals surface area (Å²) in [5, 5.41) is 2.67. The van der Waals surface area contributed by atoms with Gasteiger partial charge in [0.05, 0.1) is 13.0 Å². The molecule has 5 heteroatoms. The number of esters is 1. The Hall–Kier alpha value is -2.69. The van der Waals surface area contributed by atoms with Gasteiger partial charge in [0.15, 0.2) is 0 Å². The van der Waals surface area contributed by atoms with E-state index in [9.17, 15) is 14.0 Å². The van der Waals surface area contributed by atoms with Gasteiger partial charge in [0, 0.05) is 11.3 Å². The normalized spacial score (nSPS) is 10.1. The quantitative estimate of drug-likeness (QED) is 0.863. The van der Waals surface area contributed by atoms with E-state index in [1.54, 1.807) is 31.2 Å². The van der Waals surface area contributed by atoms with Gasteiger partial charge in [-0.2, -0.15) is 0 Å². The van der Waals surface area contributed by atoms with E-state index in [0.717, 1.165) is 5.56 Å². The summed E-state index contributed by atoms with van der Waals surface area (Å²) in [5.41, 5.74) is 1.61. The number of hydrogen-bond donors (Lipinski definition) is 1. The number of nitrogens with one attached hydrogen (secondary N) is 1. The number of anilines is 1. The third kappa shape index (κ3) is 4.41. The molecule has 2 aromatic rings. The van der Waals surface area contributed by atoms with E-state index in [2.05, 4.69) is 5.32 Å². The SMILES string of the molecule is CCOC(=O)Cc1ccc(NC(=O)c2cccc(F)c2)cc1. The molecule has 0 fully saturated rings. The lowest BCUT2D eigenvalue weighted by Gasteiger charge is -2.07. The van der Waals surface area contributed by atoms with Crippen LogP contribution < -0.4 is 5.32 Å². The second kappa shape index (κ2) is 7.36. The largest absolute Gasteiger partial charge is 0.466 e. The van der Waals surface area contributed by atoms with E-state index in [1.165, 1.54) is 24.3 Å². The van der Waals surface area contributed by atoms with Gasteiger partial charge in [-0.3, -0.25) is 9.59 Å². The smallest absolute Gasteiger partial charge is 0.310 e. The van der Waals surface area contributed by atoms with E-state index in [-0.39, 0.29) is 18.0 Å². The van der Waals surface area contributed by atoms with Gasteiger partial charge in [0.2, 0.25) is 0 Å². The maximum absolute atomic E-state index is 13.1. The van der Waals surface area contributed by atoms with Crippen LogP contribution in [-0.2, 0) is 16.0 Å². The summed E-state index contributed by atoms with van der Waals surface area (Å²) < 4.78 is 17.9. The molecule has 22 heavy (non-hydrogen) atoms. The number of amides is 1. The van der Waals surface area contributed by atoms with Crippen molar-refractivity contribution in [3.05, 3.63) is 65.5 Å². The lowest BCUT2D eigenvalue weighted by Crippen LogP contribution is -2.12. The van der Waals surface area contributed by atoms with Gasteiger partial charge >= 0.3 is 5.97 Å². The molecule has 0 aliphatic heterocycles. The predicted molar refractivity (Wildman–Crippen MR) is 81.1 cm³/mol. The van der Waals surface area contributed by atoms with Crippen LogP contribution in [0.1, 0.15) is 22.8 Å². The molecule has 1 N–H and O–H groups in total. The van der Waals surface area contributed by atoms with Crippen LogP contribution in [-0.4, -0.2) is 18.5 Å². The monoisotopic (exact) mass is 301 g/mol. The number of hydrogen-bond acceptors (Lipinski definition) is 3. The molecule has 0 saturated heterocycles. The predicted octanol–water partition coefficient (Wildman–Crippen LogP) is 3.18. The van der Waals surface area contributed by atoms with E-state index >= 15 is 0 Å². The molecule has 0 aromatic heterocycles. The van der Waals surface area contributed by atoms with Crippen LogP contribution >= 0.6 is 0 Å². The van der Waals surface area contributed by atoms with Gasteiger partial charge in [-0.15, -0.1) is 0 Å². The molecule has 0 saturated carbocycles. The topological polar surface area (TPSA) is 55.4 Å². The molecular formula is C17H16FNO3. The molecule has 0 aliphatic carbocycles. The molecule has 1 amide bonds. The van der Waals surface area contributed by atoms with Crippen LogP contribution in [0.15, 0.2) is 48.5 Å². The lowest BCUT2D eigenvalue weighted by atomic mass is 10.1. The number of halogens is 1. The Morgan fingerprint density at radius 3 is 2.50 bits per heavy atom. The lowest BCUT2D eigenvalue weighted by molar-refractivity contribution is -0.142. The van der Waals surface area contributed by atoms with Crippen molar-refractivity contribution in [2.24, 2.45) is 0 Å². The van der Waals surface area contributed by atoms with Gasteiger partial charge in [0.25, 0.3) is 5.91 Å². The average molecular weight is 301 g/mol. The first-order valence-electron chi connectivity index (χ1n) is 6.90. The fraction of sp³-hybridized carbons (Fsp3) is 0.176. The third-order valence-electron chi connectivity index (χ3n) is 2.95. The van der Waals surface area contributed by atoms with E-state index in [1.807, 2.05) is 0 Å². The Labute approximate surface area is 127 Å². The summed E-state index contributed by atoms with van der Waals surface area (Å²) in [4.78, 5) is 23.3.